The second-order valence-electron chi connectivity index (χ2n) is 5.01. The van der Waals surface area contributed by atoms with Gasteiger partial charge in [0.1, 0.15) is 5.75 Å². The molecule has 98 valence electrons. The van der Waals surface area contributed by atoms with Crippen LogP contribution in [0.4, 0.5) is 0 Å². The molecule has 18 heavy (non-hydrogen) atoms. The molecule has 1 fully saturated rings. The Hall–Kier alpha value is -1.55. The minimum atomic E-state index is -0.0731. The molecule has 4 nitrogen and oxygen atoms in total. The lowest BCUT2D eigenvalue weighted by molar-refractivity contribution is 0.0932. The monoisotopic (exact) mass is 248 g/mol. The minimum Gasteiger partial charge on any atom is -0.496 e. The molecule has 0 unspecified atom stereocenters. The Labute approximate surface area is 108 Å². The van der Waals surface area contributed by atoms with Crippen LogP contribution < -0.4 is 15.8 Å². The van der Waals surface area contributed by atoms with E-state index in [-0.39, 0.29) is 5.91 Å². The molecular formula is C14H20N2O2. The summed E-state index contributed by atoms with van der Waals surface area (Å²) in [5.41, 5.74) is 7.37. The Morgan fingerprint density at radius 3 is 2.83 bits per heavy atom. The molecule has 3 N–H and O–H groups in total. The molecule has 0 heterocycles. The number of methoxy groups -OCH3 is 1. The Balaban J connectivity index is 1.97. The maximum atomic E-state index is 12.1. The van der Waals surface area contributed by atoms with Crippen molar-refractivity contribution in [2.24, 2.45) is 11.7 Å². The molecule has 0 radical (unpaired) electrons. The summed E-state index contributed by atoms with van der Waals surface area (Å²) in [4.78, 5) is 12.1. The van der Waals surface area contributed by atoms with Gasteiger partial charge in [-0.1, -0.05) is 11.6 Å². The molecule has 1 aromatic rings. The van der Waals surface area contributed by atoms with Crippen LogP contribution in [0.15, 0.2) is 18.2 Å². The number of nitrogens with one attached hydrogen (secondary N) is 1. The fraction of sp³-hybridized carbons (Fsp3) is 0.500. The summed E-state index contributed by atoms with van der Waals surface area (Å²) < 4.78 is 5.20. The van der Waals surface area contributed by atoms with Crippen molar-refractivity contribution in [1.29, 1.82) is 0 Å². The van der Waals surface area contributed by atoms with Gasteiger partial charge in [0.25, 0.3) is 5.91 Å². The van der Waals surface area contributed by atoms with Gasteiger partial charge in [-0.2, -0.15) is 0 Å². The van der Waals surface area contributed by atoms with Gasteiger partial charge in [-0.25, -0.2) is 0 Å². The van der Waals surface area contributed by atoms with Crippen molar-refractivity contribution < 1.29 is 9.53 Å². The number of benzene rings is 1. The van der Waals surface area contributed by atoms with E-state index in [1.54, 1.807) is 7.11 Å². The normalized spacial score (nSPS) is 22.2. The SMILES string of the molecule is COc1ccc(C)cc1C(=O)NCC1CC(N)C1. The average Bonchev–Trinajstić information content (AvgIpc) is 2.32. The molecule has 1 aliphatic carbocycles. The van der Waals surface area contributed by atoms with E-state index in [2.05, 4.69) is 5.32 Å². The molecule has 1 aliphatic rings. The number of aryl methyl sites for hydroxylation is 1. The number of carbonyl (C=O) groups excluding carboxylic acids is 1. The van der Waals surface area contributed by atoms with E-state index in [0.717, 1.165) is 18.4 Å². The number of rotatable bonds is 4. The van der Waals surface area contributed by atoms with Gasteiger partial charge in [0.2, 0.25) is 0 Å². The molecule has 0 atom stereocenters. The predicted molar refractivity (Wildman–Crippen MR) is 70.8 cm³/mol. The van der Waals surface area contributed by atoms with E-state index < -0.39 is 0 Å². The van der Waals surface area contributed by atoms with Crippen molar-refractivity contribution in [3.8, 4) is 5.75 Å². The first-order valence-corrected chi connectivity index (χ1v) is 6.28. The van der Waals surface area contributed by atoms with Crippen LogP contribution in [0.25, 0.3) is 0 Å². The van der Waals surface area contributed by atoms with Gasteiger partial charge in [0.15, 0.2) is 0 Å². The Kier molecular flexibility index (Phi) is 3.87. The predicted octanol–water partition coefficient (Wildman–Crippen LogP) is 1.47. The quantitative estimate of drug-likeness (QED) is 0.848. The first-order chi connectivity index (χ1) is 8.60. The van der Waals surface area contributed by atoms with Gasteiger partial charge in [0, 0.05) is 12.6 Å². The highest BCUT2D eigenvalue weighted by molar-refractivity contribution is 5.97. The third kappa shape index (κ3) is 2.82. The van der Waals surface area contributed by atoms with E-state index in [1.165, 1.54) is 0 Å². The van der Waals surface area contributed by atoms with Crippen LogP contribution in [0.2, 0.25) is 0 Å². The summed E-state index contributed by atoms with van der Waals surface area (Å²) in [6.07, 6.45) is 2.01. The van der Waals surface area contributed by atoms with E-state index >= 15 is 0 Å². The van der Waals surface area contributed by atoms with E-state index in [9.17, 15) is 4.79 Å². The Morgan fingerprint density at radius 2 is 2.22 bits per heavy atom. The maximum absolute atomic E-state index is 12.1. The molecule has 0 bridgehead atoms. The van der Waals surface area contributed by atoms with Crippen molar-refractivity contribution in [1.82, 2.24) is 5.32 Å². The zero-order chi connectivity index (χ0) is 13.1. The summed E-state index contributed by atoms with van der Waals surface area (Å²) in [5, 5.41) is 2.95. The maximum Gasteiger partial charge on any atom is 0.255 e. The van der Waals surface area contributed by atoms with Gasteiger partial charge in [-0.05, 0) is 37.8 Å². The molecular weight excluding hydrogens is 228 g/mol. The van der Waals surface area contributed by atoms with Crippen LogP contribution >= 0.6 is 0 Å². The highest BCUT2D eigenvalue weighted by Gasteiger charge is 2.26. The van der Waals surface area contributed by atoms with E-state index in [4.69, 9.17) is 10.5 Å². The van der Waals surface area contributed by atoms with E-state index in [1.807, 2.05) is 25.1 Å². The molecule has 1 saturated carbocycles. The molecule has 1 aromatic carbocycles. The average molecular weight is 248 g/mol. The largest absolute Gasteiger partial charge is 0.496 e. The van der Waals surface area contributed by atoms with Crippen LogP contribution in [0.3, 0.4) is 0 Å². The Morgan fingerprint density at radius 1 is 1.50 bits per heavy atom. The summed E-state index contributed by atoms with van der Waals surface area (Å²) in [7, 11) is 1.58. The van der Waals surface area contributed by atoms with Crippen LogP contribution in [0.5, 0.6) is 5.75 Å². The summed E-state index contributed by atoms with van der Waals surface area (Å²) in [5.74, 6) is 1.07. The molecule has 0 spiro atoms. The fourth-order valence-electron chi connectivity index (χ4n) is 2.29. The summed E-state index contributed by atoms with van der Waals surface area (Å²) in [6, 6.07) is 5.92. The Bertz CT molecular complexity index is 439. The lowest BCUT2D eigenvalue weighted by Gasteiger charge is -2.32. The highest BCUT2D eigenvalue weighted by atomic mass is 16.5. The number of hydrogen-bond acceptors (Lipinski definition) is 3. The van der Waals surface area contributed by atoms with Gasteiger partial charge in [-0.15, -0.1) is 0 Å². The second kappa shape index (κ2) is 5.40. The number of carbonyl (C=O) groups is 1. The molecule has 1 amide bonds. The number of nitrogens with two attached hydrogens (primary N) is 1. The molecule has 0 aromatic heterocycles. The lowest BCUT2D eigenvalue weighted by Crippen LogP contribution is -2.42. The first kappa shape index (κ1) is 12.9. The number of ether oxygens (including phenoxy) is 1. The van der Waals surface area contributed by atoms with Crippen molar-refractivity contribution in [2.75, 3.05) is 13.7 Å². The lowest BCUT2D eigenvalue weighted by atomic mass is 9.81. The fourth-order valence-corrected chi connectivity index (χ4v) is 2.29. The van der Waals surface area contributed by atoms with Crippen molar-refractivity contribution in [3.05, 3.63) is 29.3 Å². The van der Waals surface area contributed by atoms with Gasteiger partial charge < -0.3 is 15.8 Å². The van der Waals surface area contributed by atoms with Crippen LogP contribution in [0, 0.1) is 12.8 Å². The van der Waals surface area contributed by atoms with Gasteiger partial charge in [0.05, 0.1) is 12.7 Å². The third-order valence-corrected chi connectivity index (χ3v) is 3.42. The van der Waals surface area contributed by atoms with Crippen LogP contribution in [-0.2, 0) is 0 Å². The van der Waals surface area contributed by atoms with Crippen LogP contribution in [-0.4, -0.2) is 25.6 Å². The second-order valence-corrected chi connectivity index (χ2v) is 5.01. The van der Waals surface area contributed by atoms with Crippen LogP contribution in [0.1, 0.15) is 28.8 Å². The number of amides is 1. The summed E-state index contributed by atoms with van der Waals surface area (Å²) >= 11 is 0. The molecule has 2 rings (SSSR count). The standard InChI is InChI=1S/C14H20N2O2/c1-9-3-4-13(18-2)12(5-9)14(17)16-8-10-6-11(15)7-10/h3-5,10-11H,6-8,15H2,1-2H3,(H,16,17). The topological polar surface area (TPSA) is 64.3 Å². The molecule has 0 saturated heterocycles. The third-order valence-electron chi connectivity index (χ3n) is 3.42. The van der Waals surface area contributed by atoms with Gasteiger partial charge in [-0.3, -0.25) is 4.79 Å². The minimum absolute atomic E-state index is 0.0731. The first-order valence-electron chi connectivity index (χ1n) is 6.28. The molecule has 4 heteroatoms. The smallest absolute Gasteiger partial charge is 0.255 e. The zero-order valence-electron chi connectivity index (χ0n) is 10.9. The molecule has 0 aliphatic heterocycles. The zero-order valence-corrected chi connectivity index (χ0v) is 10.9. The van der Waals surface area contributed by atoms with Gasteiger partial charge >= 0.3 is 0 Å². The van der Waals surface area contributed by atoms with Crippen molar-refractivity contribution >= 4 is 5.91 Å². The number of hydrogen-bond donors (Lipinski definition) is 2. The highest BCUT2D eigenvalue weighted by Crippen LogP contribution is 2.25. The summed E-state index contributed by atoms with van der Waals surface area (Å²) in [6.45, 7) is 2.66. The van der Waals surface area contributed by atoms with E-state index in [0.29, 0.717) is 29.8 Å². The van der Waals surface area contributed by atoms with Crippen molar-refractivity contribution in [3.63, 3.8) is 0 Å². The van der Waals surface area contributed by atoms with Crippen molar-refractivity contribution in [2.45, 2.75) is 25.8 Å².